The maximum absolute atomic E-state index is 12.9. The molecule has 1 aliphatic rings. The van der Waals surface area contributed by atoms with Crippen molar-refractivity contribution in [2.45, 2.75) is 0 Å². The Morgan fingerprint density at radius 3 is 2.50 bits per heavy atom. The van der Waals surface area contributed by atoms with Gasteiger partial charge in [-0.05, 0) is 30.3 Å². The molecule has 13 heteroatoms. The number of nitrogens with zero attached hydrogens (tertiary/aromatic N) is 6. The highest BCUT2D eigenvalue weighted by Crippen LogP contribution is 2.32. The Morgan fingerprint density at radius 2 is 1.79 bits per heavy atom. The van der Waals surface area contributed by atoms with E-state index in [1.54, 1.807) is 54.6 Å². The summed E-state index contributed by atoms with van der Waals surface area (Å²) in [4.78, 5) is 34.6. The Kier molecular flexibility index (Phi) is 7.21. The van der Waals surface area contributed by atoms with Crippen LogP contribution in [0.4, 0.5) is 22.2 Å². The van der Waals surface area contributed by atoms with Crippen LogP contribution in [0, 0.1) is 0 Å². The molecule has 2 aromatic heterocycles. The Bertz CT molecular complexity index is 1510. The van der Waals surface area contributed by atoms with E-state index in [0.717, 1.165) is 0 Å². The zero-order chi connectivity index (χ0) is 26.8. The number of rotatable bonds is 5. The predicted octanol–water partition coefficient (Wildman–Crippen LogP) is 4.35. The van der Waals surface area contributed by atoms with E-state index in [0.29, 0.717) is 81.6 Å². The number of urea groups is 1. The van der Waals surface area contributed by atoms with Crippen LogP contribution >= 0.6 is 23.2 Å². The van der Waals surface area contributed by atoms with Crippen LogP contribution in [0.1, 0.15) is 0 Å². The third-order valence-corrected chi connectivity index (χ3v) is 6.68. The van der Waals surface area contributed by atoms with Crippen molar-refractivity contribution >= 4 is 57.9 Å². The van der Waals surface area contributed by atoms with E-state index >= 15 is 0 Å². The number of anilines is 3. The summed E-state index contributed by atoms with van der Waals surface area (Å²) in [5, 5.41) is 3.89. The van der Waals surface area contributed by atoms with E-state index in [9.17, 15) is 4.79 Å². The van der Waals surface area contributed by atoms with Crippen molar-refractivity contribution in [2.24, 2.45) is 0 Å². The van der Waals surface area contributed by atoms with Crippen molar-refractivity contribution in [3.8, 4) is 22.8 Å². The zero-order valence-corrected chi connectivity index (χ0v) is 22.1. The quantitative estimate of drug-likeness (QED) is 0.369. The van der Waals surface area contributed by atoms with Crippen molar-refractivity contribution in [3.63, 3.8) is 0 Å². The minimum atomic E-state index is -0.232. The summed E-state index contributed by atoms with van der Waals surface area (Å²) in [6, 6.07) is 10.1. The summed E-state index contributed by atoms with van der Waals surface area (Å²) in [7, 11) is 3.11. The number of carbonyl (C=O) groups excluding carboxylic acids is 1. The van der Waals surface area contributed by atoms with Gasteiger partial charge in [0.05, 0.1) is 36.8 Å². The van der Waals surface area contributed by atoms with E-state index in [1.165, 1.54) is 7.11 Å². The molecule has 4 aromatic rings. The van der Waals surface area contributed by atoms with Gasteiger partial charge in [0, 0.05) is 42.8 Å². The van der Waals surface area contributed by atoms with Gasteiger partial charge in [0.1, 0.15) is 11.5 Å². The molecule has 0 saturated carbocycles. The van der Waals surface area contributed by atoms with Crippen molar-refractivity contribution in [1.82, 2.24) is 24.8 Å². The number of nitrogens with two attached hydrogens (primary N) is 1. The van der Waals surface area contributed by atoms with Gasteiger partial charge in [0.15, 0.2) is 17.0 Å². The fraction of sp³-hybridized carbons (Fsp3) is 0.240. The fourth-order valence-electron chi connectivity index (χ4n) is 4.17. The van der Waals surface area contributed by atoms with Crippen molar-refractivity contribution in [2.75, 3.05) is 56.3 Å². The summed E-state index contributed by atoms with van der Waals surface area (Å²) >= 11 is 12.4. The smallest absolute Gasteiger partial charge is 0.322 e. The molecule has 0 spiro atoms. The molecule has 0 aliphatic carbocycles. The van der Waals surface area contributed by atoms with E-state index in [2.05, 4.69) is 25.3 Å². The van der Waals surface area contributed by atoms with Crippen LogP contribution in [0.3, 0.4) is 0 Å². The van der Waals surface area contributed by atoms with Gasteiger partial charge in [-0.1, -0.05) is 23.2 Å². The van der Waals surface area contributed by atoms with E-state index in [1.807, 2.05) is 4.90 Å². The van der Waals surface area contributed by atoms with E-state index in [-0.39, 0.29) is 12.0 Å². The highest BCUT2D eigenvalue weighted by atomic mass is 35.5. The minimum Gasteiger partial charge on any atom is -0.497 e. The second-order valence-electron chi connectivity index (χ2n) is 8.43. The molecular formula is C25H24Cl2N8O3. The van der Waals surface area contributed by atoms with Crippen LogP contribution in [0.15, 0.2) is 42.6 Å². The van der Waals surface area contributed by atoms with Gasteiger partial charge >= 0.3 is 6.03 Å². The molecule has 5 rings (SSSR count). The normalized spacial score (nSPS) is 13.5. The van der Waals surface area contributed by atoms with Gasteiger partial charge < -0.3 is 30.3 Å². The molecule has 0 atom stereocenters. The summed E-state index contributed by atoms with van der Waals surface area (Å²) in [6.45, 7) is 1.96. The lowest BCUT2D eigenvalue weighted by Crippen LogP contribution is -2.50. The van der Waals surface area contributed by atoms with Crippen molar-refractivity contribution in [3.05, 3.63) is 52.6 Å². The highest BCUT2D eigenvalue weighted by molar-refractivity contribution is 6.36. The summed E-state index contributed by atoms with van der Waals surface area (Å²) in [5.74, 6) is 1.78. The number of aromatic nitrogens is 4. The molecule has 2 aromatic carbocycles. The number of benzene rings is 2. The first-order valence-corrected chi connectivity index (χ1v) is 12.4. The molecule has 2 amide bonds. The predicted molar refractivity (Wildman–Crippen MR) is 147 cm³/mol. The van der Waals surface area contributed by atoms with Gasteiger partial charge in [0.2, 0.25) is 5.95 Å². The molecule has 0 radical (unpaired) electrons. The van der Waals surface area contributed by atoms with Crippen LogP contribution in [0.25, 0.3) is 22.4 Å². The molecule has 0 unspecified atom stereocenters. The SMILES string of the molecule is COc1ccc(NC(=O)N2CCN(c3nc(N)nc4nc(-c5ccc(Cl)cc5Cl)cnc34)CC2)c(OC)c1. The lowest BCUT2D eigenvalue weighted by molar-refractivity contribution is 0.208. The number of methoxy groups -OCH3 is 2. The Labute approximate surface area is 228 Å². The summed E-state index contributed by atoms with van der Waals surface area (Å²) in [5.41, 5.74) is 8.66. The molecule has 1 aliphatic heterocycles. The third kappa shape index (κ3) is 5.15. The zero-order valence-electron chi connectivity index (χ0n) is 20.6. The number of hydrogen-bond acceptors (Lipinski definition) is 9. The number of piperazine rings is 1. The third-order valence-electron chi connectivity index (χ3n) is 6.13. The molecule has 38 heavy (non-hydrogen) atoms. The number of fused-ring (bicyclic) bond motifs is 1. The molecule has 196 valence electrons. The van der Waals surface area contributed by atoms with Gasteiger partial charge in [-0.2, -0.15) is 9.97 Å². The first-order valence-electron chi connectivity index (χ1n) is 11.6. The number of nitrogens with one attached hydrogen (secondary N) is 1. The maximum atomic E-state index is 12.9. The van der Waals surface area contributed by atoms with E-state index < -0.39 is 0 Å². The van der Waals surface area contributed by atoms with Gasteiger partial charge in [-0.3, -0.25) is 0 Å². The highest BCUT2D eigenvalue weighted by Gasteiger charge is 2.25. The minimum absolute atomic E-state index is 0.0768. The number of amides is 2. The first-order chi connectivity index (χ1) is 18.4. The molecule has 0 bridgehead atoms. The van der Waals surface area contributed by atoms with Crippen molar-refractivity contribution in [1.29, 1.82) is 0 Å². The van der Waals surface area contributed by atoms with Crippen LogP contribution < -0.4 is 25.4 Å². The Balaban J connectivity index is 1.32. The maximum Gasteiger partial charge on any atom is 0.322 e. The average Bonchev–Trinajstić information content (AvgIpc) is 2.92. The monoisotopic (exact) mass is 554 g/mol. The van der Waals surface area contributed by atoms with Crippen LogP contribution in [0.2, 0.25) is 10.0 Å². The number of halogens is 2. The number of nitrogen functional groups attached to an aromatic ring is 1. The molecule has 3 N–H and O–H groups in total. The Hall–Kier alpha value is -4.09. The van der Waals surface area contributed by atoms with Crippen molar-refractivity contribution < 1.29 is 14.3 Å². The largest absolute Gasteiger partial charge is 0.497 e. The van der Waals surface area contributed by atoms with Crippen LogP contribution in [-0.4, -0.2) is 71.3 Å². The lowest BCUT2D eigenvalue weighted by Gasteiger charge is -2.35. The molecule has 1 saturated heterocycles. The van der Waals surface area contributed by atoms with E-state index in [4.69, 9.17) is 38.4 Å². The number of carbonyl (C=O) groups is 1. The number of ether oxygens (including phenoxy) is 2. The number of hydrogen-bond donors (Lipinski definition) is 2. The topological polar surface area (TPSA) is 132 Å². The van der Waals surface area contributed by atoms with Crippen LogP contribution in [-0.2, 0) is 0 Å². The van der Waals surface area contributed by atoms with Gasteiger partial charge in [-0.25, -0.2) is 14.8 Å². The lowest BCUT2D eigenvalue weighted by atomic mass is 10.1. The molecule has 1 fully saturated rings. The molecule has 3 heterocycles. The van der Waals surface area contributed by atoms with Gasteiger partial charge in [0.25, 0.3) is 0 Å². The summed E-state index contributed by atoms with van der Waals surface area (Å²) < 4.78 is 10.6. The second kappa shape index (κ2) is 10.7. The standard InChI is InChI=1S/C25H24Cl2N8O3/c1-37-15-4-6-18(20(12-15)38-2)31-25(36)35-9-7-34(8-10-35)23-21-22(32-24(28)33-23)30-19(13-29-21)16-5-3-14(26)11-17(16)27/h3-6,11-13H,7-10H2,1-2H3,(H,31,36)(H2,28,30,32,33). The fourth-order valence-corrected chi connectivity index (χ4v) is 4.68. The van der Waals surface area contributed by atoms with Gasteiger partial charge in [-0.15, -0.1) is 0 Å². The first kappa shape index (κ1) is 25.6. The van der Waals surface area contributed by atoms with Crippen LogP contribution in [0.5, 0.6) is 11.5 Å². The molecular weight excluding hydrogens is 531 g/mol. The second-order valence-corrected chi connectivity index (χ2v) is 9.27. The average molecular weight is 555 g/mol. The Morgan fingerprint density at radius 1 is 1.00 bits per heavy atom. The molecule has 11 nitrogen and oxygen atoms in total. The summed E-state index contributed by atoms with van der Waals surface area (Å²) in [6.07, 6.45) is 1.62.